The van der Waals surface area contributed by atoms with Crippen LogP contribution in [0.3, 0.4) is 0 Å². The highest BCUT2D eigenvalue weighted by atomic mass is 19.1. The molecular formula is C21H31FN4O. The van der Waals surface area contributed by atoms with Gasteiger partial charge in [-0.2, -0.15) is 0 Å². The second-order valence-corrected chi connectivity index (χ2v) is 7.53. The lowest BCUT2D eigenvalue weighted by Gasteiger charge is -2.21. The van der Waals surface area contributed by atoms with E-state index in [0.29, 0.717) is 12.5 Å². The van der Waals surface area contributed by atoms with Crippen LogP contribution in [-0.4, -0.2) is 49.0 Å². The highest BCUT2D eigenvalue weighted by Gasteiger charge is 2.32. The number of rotatable bonds is 6. The second kappa shape index (κ2) is 9.72. The third kappa shape index (κ3) is 5.68. The summed E-state index contributed by atoms with van der Waals surface area (Å²) in [5, 5.41) is 6.75. The SMILES string of the molecule is CCNC(=NCCc1ccc(F)cc1)NC1CCN(C(=O)C2CCCC2)C1. The highest BCUT2D eigenvalue weighted by molar-refractivity contribution is 5.81. The molecule has 27 heavy (non-hydrogen) atoms. The second-order valence-electron chi connectivity index (χ2n) is 7.53. The van der Waals surface area contributed by atoms with Gasteiger partial charge in [0, 0.05) is 38.1 Å². The van der Waals surface area contributed by atoms with Crippen LogP contribution in [0.5, 0.6) is 0 Å². The number of nitrogens with one attached hydrogen (secondary N) is 2. The molecule has 1 aromatic carbocycles. The Hall–Kier alpha value is -2.11. The largest absolute Gasteiger partial charge is 0.357 e. The fraction of sp³-hybridized carbons (Fsp3) is 0.619. The van der Waals surface area contributed by atoms with E-state index in [0.717, 1.165) is 56.8 Å². The van der Waals surface area contributed by atoms with Crippen LogP contribution in [0.1, 0.15) is 44.6 Å². The molecular weight excluding hydrogens is 343 g/mol. The Morgan fingerprint density at radius 2 is 1.96 bits per heavy atom. The summed E-state index contributed by atoms with van der Waals surface area (Å²) in [6.07, 6.45) is 6.23. The summed E-state index contributed by atoms with van der Waals surface area (Å²) >= 11 is 0. The number of carbonyl (C=O) groups is 1. The zero-order chi connectivity index (χ0) is 19.1. The van der Waals surface area contributed by atoms with Gasteiger partial charge in [0.1, 0.15) is 5.82 Å². The summed E-state index contributed by atoms with van der Waals surface area (Å²) in [5.74, 6) is 1.17. The first-order valence-electron chi connectivity index (χ1n) is 10.2. The van der Waals surface area contributed by atoms with E-state index in [9.17, 15) is 9.18 Å². The molecule has 1 aliphatic carbocycles. The quantitative estimate of drug-likeness (QED) is 0.595. The number of hydrogen-bond donors (Lipinski definition) is 2. The predicted molar refractivity (Wildman–Crippen MR) is 106 cm³/mol. The van der Waals surface area contributed by atoms with Crippen molar-refractivity contribution in [2.45, 2.75) is 51.5 Å². The van der Waals surface area contributed by atoms with Crippen LogP contribution in [0.2, 0.25) is 0 Å². The van der Waals surface area contributed by atoms with Crippen molar-refractivity contribution >= 4 is 11.9 Å². The molecule has 1 amide bonds. The third-order valence-electron chi connectivity index (χ3n) is 5.47. The topological polar surface area (TPSA) is 56.7 Å². The number of amides is 1. The number of hydrogen-bond acceptors (Lipinski definition) is 2. The van der Waals surface area contributed by atoms with Gasteiger partial charge in [0.25, 0.3) is 0 Å². The Labute approximate surface area is 161 Å². The van der Waals surface area contributed by atoms with Gasteiger partial charge in [-0.05, 0) is 50.3 Å². The molecule has 2 fully saturated rings. The standard InChI is InChI=1S/C21H31FN4O/c1-2-23-21(24-13-11-16-7-9-18(22)10-8-16)25-19-12-14-26(15-19)20(27)17-5-3-4-6-17/h7-10,17,19H,2-6,11-15H2,1H3,(H2,23,24,25). The van der Waals surface area contributed by atoms with Gasteiger partial charge in [-0.1, -0.05) is 25.0 Å². The molecule has 2 N–H and O–H groups in total. The lowest BCUT2D eigenvalue weighted by molar-refractivity contribution is -0.134. The van der Waals surface area contributed by atoms with Gasteiger partial charge < -0.3 is 15.5 Å². The zero-order valence-corrected chi connectivity index (χ0v) is 16.2. The first-order chi connectivity index (χ1) is 13.2. The van der Waals surface area contributed by atoms with Crippen molar-refractivity contribution in [2.75, 3.05) is 26.2 Å². The maximum Gasteiger partial charge on any atom is 0.225 e. The molecule has 2 aliphatic rings. The maximum absolute atomic E-state index is 13.0. The highest BCUT2D eigenvalue weighted by Crippen LogP contribution is 2.27. The van der Waals surface area contributed by atoms with Crippen molar-refractivity contribution in [1.29, 1.82) is 0 Å². The molecule has 0 radical (unpaired) electrons. The number of likely N-dealkylation sites (tertiary alicyclic amines) is 1. The monoisotopic (exact) mass is 374 g/mol. The van der Waals surface area contributed by atoms with Crippen LogP contribution < -0.4 is 10.6 Å². The molecule has 1 heterocycles. The van der Waals surface area contributed by atoms with Crippen molar-refractivity contribution in [3.63, 3.8) is 0 Å². The zero-order valence-electron chi connectivity index (χ0n) is 16.2. The minimum absolute atomic E-state index is 0.213. The predicted octanol–water partition coefficient (Wildman–Crippen LogP) is 2.71. The van der Waals surface area contributed by atoms with E-state index in [2.05, 4.69) is 15.6 Å². The first kappa shape index (κ1) is 19.6. The van der Waals surface area contributed by atoms with E-state index in [4.69, 9.17) is 0 Å². The van der Waals surface area contributed by atoms with Crippen molar-refractivity contribution in [3.05, 3.63) is 35.6 Å². The smallest absolute Gasteiger partial charge is 0.225 e. The van der Waals surface area contributed by atoms with Crippen LogP contribution in [-0.2, 0) is 11.2 Å². The van der Waals surface area contributed by atoms with Crippen molar-refractivity contribution in [3.8, 4) is 0 Å². The molecule has 0 aromatic heterocycles. The van der Waals surface area contributed by atoms with E-state index in [1.807, 2.05) is 11.8 Å². The van der Waals surface area contributed by atoms with Crippen LogP contribution in [0.4, 0.5) is 4.39 Å². The number of guanidine groups is 1. The van der Waals surface area contributed by atoms with Gasteiger partial charge >= 0.3 is 0 Å². The van der Waals surface area contributed by atoms with Crippen molar-refractivity contribution in [2.24, 2.45) is 10.9 Å². The normalized spacial score (nSPS) is 20.9. The minimum atomic E-state index is -0.213. The Bertz CT molecular complexity index is 640. The molecule has 148 valence electrons. The molecule has 0 bridgehead atoms. The van der Waals surface area contributed by atoms with Gasteiger partial charge in [0.05, 0.1) is 0 Å². The number of nitrogens with zero attached hydrogens (tertiary/aromatic N) is 2. The number of benzene rings is 1. The summed E-state index contributed by atoms with van der Waals surface area (Å²) in [4.78, 5) is 19.2. The van der Waals surface area contributed by atoms with E-state index in [-0.39, 0.29) is 17.8 Å². The van der Waals surface area contributed by atoms with Crippen LogP contribution in [0.25, 0.3) is 0 Å². The summed E-state index contributed by atoms with van der Waals surface area (Å²) < 4.78 is 13.0. The Morgan fingerprint density at radius 1 is 1.22 bits per heavy atom. The van der Waals surface area contributed by atoms with Crippen LogP contribution in [0.15, 0.2) is 29.3 Å². The molecule has 1 aromatic rings. The van der Waals surface area contributed by atoms with Crippen LogP contribution >= 0.6 is 0 Å². The minimum Gasteiger partial charge on any atom is -0.357 e. The molecule has 5 nitrogen and oxygen atoms in total. The first-order valence-corrected chi connectivity index (χ1v) is 10.2. The molecule has 1 saturated heterocycles. The van der Waals surface area contributed by atoms with Crippen molar-refractivity contribution < 1.29 is 9.18 Å². The van der Waals surface area contributed by atoms with E-state index >= 15 is 0 Å². The summed E-state index contributed by atoms with van der Waals surface area (Å²) in [6.45, 7) is 5.07. The molecule has 6 heteroatoms. The Balaban J connectivity index is 1.48. The van der Waals surface area contributed by atoms with Gasteiger partial charge in [-0.3, -0.25) is 9.79 Å². The molecule has 1 atom stereocenters. The number of aliphatic imine (C=N–C) groups is 1. The Kier molecular flexibility index (Phi) is 7.07. The summed E-state index contributed by atoms with van der Waals surface area (Å²) in [6, 6.07) is 6.82. The Morgan fingerprint density at radius 3 is 2.67 bits per heavy atom. The van der Waals surface area contributed by atoms with Gasteiger partial charge in [-0.25, -0.2) is 4.39 Å². The summed E-state index contributed by atoms with van der Waals surface area (Å²) in [5.41, 5.74) is 1.07. The van der Waals surface area contributed by atoms with E-state index in [1.54, 1.807) is 12.1 Å². The van der Waals surface area contributed by atoms with Crippen LogP contribution in [0, 0.1) is 11.7 Å². The fourth-order valence-corrected chi connectivity index (χ4v) is 3.97. The lowest BCUT2D eigenvalue weighted by Crippen LogP contribution is -2.45. The molecule has 3 rings (SSSR count). The molecule has 1 saturated carbocycles. The molecule has 1 unspecified atom stereocenters. The lowest BCUT2D eigenvalue weighted by atomic mass is 10.1. The molecule has 0 spiro atoms. The average Bonchev–Trinajstić information content (AvgIpc) is 3.35. The third-order valence-corrected chi connectivity index (χ3v) is 5.47. The van der Waals surface area contributed by atoms with Gasteiger partial charge in [-0.15, -0.1) is 0 Å². The summed E-state index contributed by atoms with van der Waals surface area (Å²) in [7, 11) is 0. The number of carbonyl (C=O) groups excluding carboxylic acids is 1. The fourth-order valence-electron chi connectivity index (χ4n) is 3.97. The number of halogens is 1. The maximum atomic E-state index is 13.0. The van der Waals surface area contributed by atoms with Gasteiger partial charge in [0.15, 0.2) is 5.96 Å². The van der Waals surface area contributed by atoms with Gasteiger partial charge in [0.2, 0.25) is 5.91 Å². The average molecular weight is 375 g/mol. The van der Waals surface area contributed by atoms with Crippen molar-refractivity contribution in [1.82, 2.24) is 15.5 Å². The van der Waals surface area contributed by atoms with E-state index in [1.165, 1.54) is 25.0 Å². The molecule has 1 aliphatic heterocycles. The van der Waals surface area contributed by atoms with E-state index < -0.39 is 0 Å².